The number of allylic oxidation sites excluding steroid dienone is 3. The first kappa shape index (κ1) is 24.9. The molecule has 0 amide bonds. The molecule has 1 aliphatic rings. The van der Waals surface area contributed by atoms with Crippen LogP contribution in [0.5, 0.6) is 0 Å². The van der Waals surface area contributed by atoms with Crippen LogP contribution in [0.2, 0.25) is 0 Å². The topological polar surface area (TPSA) is 57.2 Å². The predicted molar refractivity (Wildman–Crippen MR) is 112 cm³/mol. The molecule has 0 radical (unpaired) electrons. The van der Waals surface area contributed by atoms with Gasteiger partial charge in [0.2, 0.25) is 0 Å². The van der Waals surface area contributed by atoms with Gasteiger partial charge in [0.05, 0.1) is 17.4 Å². The number of halogens is 6. The van der Waals surface area contributed by atoms with E-state index < -0.39 is 35.3 Å². The molecule has 10 heteroatoms. The predicted octanol–water partition coefficient (Wildman–Crippen LogP) is 4.89. The van der Waals surface area contributed by atoms with Crippen molar-refractivity contribution in [1.82, 2.24) is 15.6 Å². The average molecular weight is 471 g/mol. The van der Waals surface area contributed by atoms with Crippen LogP contribution in [0.25, 0.3) is 11.3 Å². The van der Waals surface area contributed by atoms with E-state index in [9.17, 15) is 31.4 Å². The van der Waals surface area contributed by atoms with Crippen molar-refractivity contribution in [2.75, 3.05) is 26.2 Å². The summed E-state index contributed by atoms with van der Waals surface area (Å²) in [5, 5.41) is 16.4. The summed E-state index contributed by atoms with van der Waals surface area (Å²) < 4.78 is 78.9. The number of aromatic nitrogens is 1. The number of aliphatic hydroxyl groups is 1. The fourth-order valence-corrected chi connectivity index (χ4v) is 3.35. The summed E-state index contributed by atoms with van der Waals surface area (Å²) in [6.45, 7) is 1.61. The molecule has 1 aromatic heterocycles. The summed E-state index contributed by atoms with van der Waals surface area (Å²) in [6.07, 6.45) is -3.93. The Balaban J connectivity index is 1.63. The van der Waals surface area contributed by atoms with Crippen LogP contribution in [0.3, 0.4) is 0 Å². The van der Waals surface area contributed by atoms with Gasteiger partial charge in [-0.05, 0) is 24.6 Å². The average Bonchev–Trinajstić information content (AvgIpc) is 3.28. The molecular formula is C23H23F6N3O. The van der Waals surface area contributed by atoms with Gasteiger partial charge < -0.3 is 15.7 Å². The molecule has 3 rings (SSSR count). The Morgan fingerprint density at radius 2 is 1.61 bits per heavy atom. The Labute approximate surface area is 187 Å². The first-order valence-corrected chi connectivity index (χ1v) is 10.3. The van der Waals surface area contributed by atoms with Crippen molar-refractivity contribution >= 4 is 0 Å². The van der Waals surface area contributed by atoms with Crippen LogP contribution in [-0.4, -0.2) is 36.3 Å². The SMILES string of the molecule is O[C@H](CNCCNCC1=CC=CC1)c1ccc(-c2ccc(C(F)(F)F)cc2)nc1C(F)(F)F. The maximum atomic E-state index is 13.6. The van der Waals surface area contributed by atoms with Gasteiger partial charge >= 0.3 is 12.4 Å². The molecule has 3 N–H and O–H groups in total. The Morgan fingerprint density at radius 1 is 0.909 bits per heavy atom. The number of aliphatic hydroxyl groups excluding tert-OH is 1. The zero-order valence-corrected chi connectivity index (χ0v) is 17.5. The molecule has 0 unspecified atom stereocenters. The van der Waals surface area contributed by atoms with E-state index in [4.69, 9.17) is 0 Å². The highest BCUT2D eigenvalue weighted by atomic mass is 19.4. The molecule has 0 bridgehead atoms. The number of alkyl halides is 6. The molecule has 1 aliphatic carbocycles. The molecule has 33 heavy (non-hydrogen) atoms. The molecule has 1 aromatic carbocycles. The van der Waals surface area contributed by atoms with Gasteiger partial charge in [-0.3, -0.25) is 0 Å². The van der Waals surface area contributed by atoms with Crippen LogP contribution < -0.4 is 10.6 Å². The van der Waals surface area contributed by atoms with Crippen LogP contribution in [0.15, 0.2) is 60.2 Å². The number of nitrogens with zero attached hydrogens (tertiary/aromatic N) is 1. The lowest BCUT2D eigenvalue weighted by atomic mass is 10.0. The third-order valence-electron chi connectivity index (χ3n) is 5.08. The fraction of sp³-hybridized carbons (Fsp3) is 0.348. The molecule has 0 spiro atoms. The molecule has 1 heterocycles. The van der Waals surface area contributed by atoms with E-state index in [1.54, 1.807) is 0 Å². The van der Waals surface area contributed by atoms with Gasteiger partial charge in [0.1, 0.15) is 0 Å². The van der Waals surface area contributed by atoms with Gasteiger partial charge in [-0.15, -0.1) is 0 Å². The first-order chi connectivity index (χ1) is 15.6. The molecule has 0 saturated heterocycles. The number of benzene rings is 1. The lowest BCUT2D eigenvalue weighted by Gasteiger charge is -2.18. The molecule has 1 atom stereocenters. The van der Waals surface area contributed by atoms with E-state index in [2.05, 4.69) is 15.6 Å². The number of rotatable bonds is 9. The second-order valence-corrected chi connectivity index (χ2v) is 7.56. The van der Waals surface area contributed by atoms with Gasteiger partial charge in [-0.1, -0.05) is 42.0 Å². The Bertz CT molecular complexity index is 997. The van der Waals surface area contributed by atoms with Gasteiger partial charge in [0.15, 0.2) is 5.69 Å². The van der Waals surface area contributed by atoms with E-state index in [1.165, 1.54) is 11.6 Å². The zero-order valence-electron chi connectivity index (χ0n) is 17.5. The first-order valence-electron chi connectivity index (χ1n) is 10.3. The Morgan fingerprint density at radius 3 is 2.21 bits per heavy atom. The summed E-state index contributed by atoms with van der Waals surface area (Å²) in [5.74, 6) is 0. The van der Waals surface area contributed by atoms with Gasteiger partial charge in [-0.25, -0.2) is 4.98 Å². The lowest BCUT2D eigenvalue weighted by molar-refractivity contribution is -0.142. The Kier molecular flexibility index (Phi) is 7.93. The van der Waals surface area contributed by atoms with Crippen LogP contribution in [0.4, 0.5) is 26.3 Å². The minimum absolute atomic E-state index is 0.103. The van der Waals surface area contributed by atoms with Crippen molar-refractivity contribution in [3.63, 3.8) is 0 Å². The smallest absolute Gasteiger partial charge is 0.387 e. The minimum Gasteiger partial charge on any atom is -0.387 e. The molecular weight excluding hydrogens is 448 g/mol. The molecule has 0 fully saturated rings. The van der Waals surface area contributed by atoms with E-state index >= 15 is 0 Å². The number of pyridine rings is 1. The highest BCUT2D eigenvalue weighted by Gasteiger charge is 2.37. The molecule has 178 valence electrons. The minimum atomic E-state index is -4.84. The Hall–Kier alpha value is -2.69. The zero-order chi connectivity index (χ0) is 24.1. The van der Waals surface area contributed by atoms with Crippen molar-refractivity contribution in [2.24, 2.45) is 0 Å². The molecule has 0 aliphatic heterocycles. The van der Waals surface area contributed by atoms with Crippen molar-refractivity contribution in [1.29, 1.82) is 0 Å². The standard InChI is InChI=1S/C23H23F6N3O/c24-22(25,26)17-7-5-16(6-8-17)19-10-9-18(21(32-19)23(27,28)29)20(33)14-31-12-11-30-13-15-3-1-2-4-15/h1-3,5-10,20,30-31,33H,4,11-14H2/t20-/m1/s1. The largest absolute Gasteiger partial charge is 0.433 e. The van der Waals surface area contributed by atoms with Crippen LogP contribution in [0, 0.1) is 0 Å². The van der Waals surface area contributed by atoms with Crippen LogP contribution >= 0.6 is 0 Å². The highest BCUT2D eigenvalue weighted by molar-refractivity contribution is 5.60. The monoisotopic (exact) mass is 471 g/mol. The molecule has 0 saturated carbocycles. The summed E-state index contributed by atoms with van der Waals surface area (Å²) in [5.41, 5.74) is -1.38. The van der Waals surface area contributed by atoms with E-state index in [0.717, 1.165) is 36.8 Å². The van der Waals surface area contributed by atoms with Crippen LogP contribution in [0.1, 0.15) is 29.3 Å². The second-order valence-electron chi connectivity index (χ2n) is 7.56. The van der Waals surface area contributed by atoms with Crippen molar-refractivity contribution in [3.05, 3.63) is 77.0 Å². The summed E-state index contributed by atoms with van der Waals surface area (Å²) >= 11 is 0. The normalized spacial score (nSPS) is 15.1. The second kappa shape index (κ2) is 10.5. The van der Waals surface area contributed by atoms with Gasteiger partial charge in [0.25, 0.3) is 0 Å². The quantitative estimate of drug-likeness (QED) is 0.360. The number of hydrogen-bond acceptors (Lipinski definition) is 4. The van der Waals surface area contributed by atoms with Crippen molar-refractivity contribution in [2.45, 2.75) is 24.9 Å². The molecule has 2 aromatic rings. The summed E-state index contributed by atoms with van der Waals surface area (Å²) in [6, 6.07) is 6.05. The van der Waals surface area contributed by atoms with E-state index in [1.807, 2.05) is 18.2 Å². The lowest BCUT2D eigenvalue weighted by Crippen LogP contribution is -2.31. The number of hydrogen-bond donors (Lipinski definition) is 3. The fourth-order valence-electron chi connectivity index (χ4n) is 3.35. The van der Waals surface area contributed by atoms with Gasteiger partial charge in [-0.2, -0.15) is 26.3 Å². The van der Waals surface area contributed by atoms with Crippen molar-refractivity contribution in [3.8, 4) is 11.3 Å². The maximum Gasteiger partial charge on any atom is 0.433 e. The summed E-state index contributed by atoms with van der Waals surface area (Å²) in [4.78, 5) is 3.61. The van der Waals surface area contributed by atoms with Crippen LogP contribution in [-0.2, 0) is 12.4 Å². The summed E-state index contributed by atoms with van der Waals surface area (Å²) in [7, 11) is 0. The highest BCUT2D eigenvalue weighted by Crippen LogP contribution is 2.36. The maximum absolute atomic E-state index is 13.6. The van der Waals surface area contributed by atoms with E-state index in [0.29, 0.717) is 19.6 Å². The molecule has 4 nitrogen and oxygen atoms in total. The van der Waals surface area contributed by atoms with Gasteiger partial charge in [0, 0.05) is 37.3 Å². The third kappa shape index (κ3) is 6.89. The number of nitrogens with one attached hydrogen (secondary N) is 2. The van der Waals surface area contributed by atoms with E-state index in [-0.39, 0.29) is 17.8 Å². The third-order valence-corrected chi connectivity index (χ3v) is 5.08. The van der Waals surface area contributed by atoms with Crippen molar-refractivity contribution < 1.29 is 31.4 Å².